The largest absolute Gasteiger partial charge is 0.375 e. The SMILES string of the molecule is CN(C)S(=O)(=O)c1ccccc1NCC(=O)Nc1ccc2ccccc2c1. The van der Waals surface area contributed by atoms with Crippen molar-refractivity contribution in [2.45, 2.75) is 4.90 Å². The Labute approximate surface area is 158 Å². The molecule has 3 aromatic carbocycles. The molecule has 2 N–H and O–H groups in total. The van der Waals surface area contributed by atoms with Crippen LogP contribution in [-0.4, -0.2) is 39.3 Å². The number of carbonyl (C=O) groups excluding carboxylic acids is 1. The van der Waals surface area contributed by atoms with Gasteiger partial charge in [0.1, 0.15) is 4.90 Å². The molecule has 0 aliphatic carbocycles. The minimum atomic E-state index is -3.60. The number of nitrogens with one attached hydrogen (secondary N) is 2. The second-order valence-electron chi connectivity index (χ2n) is 6.25. The van der Waals surface area contributed by atoms with Gasteiger partial charge in [0.2, 0.25) is 15.9 Å². The van der Waals surface area contributed by atoms with E-state index in [-0.39, 0.29) is 17.3 Å². The molecule has 3 rings (SSSR count). The number of benzene rings is 3. The van der Waals surface area contributed by atoms with E-state index in [1.165, 1.54) is 20.2 Å². The minimum Gasteiger partial charge on any atom is -0.375 e. The first kappa shape index (κ1) is 18.9. The summed E-state index contributed by atoms with van der Waals surface area (Å²) < 4.78 is 25.9. The molecule has 0 atom stereocenters. The number of carbonyl (C=O) groups is 1. The number of hydrogen-bond acceptors (Lipinski definition) is 4. The second kappa shape index (κ2) is 7.77. The van der Waals surface area contributed by atoms with E-state index in [4.69, 9.17) is 0 Å². The van der Waals surface area contributed by atoms with E-state index in [9.17, 15) is 13.2 Å². The van der Waals surface area contributed by atoms with Crippen LogP contribution < -0.4 is 10.6 Å². The maximum absolute atomic E-state index is 12.4. The summed E-state index contributed by atoms with van der Waals surface area (Å²) in [6.07, 6.45) is 0. The van der Waals surface area contributed by atoms with Crippen LogP contribution in [0.2, 0.25) is 0 Å². The average molecular weight is 383 g/mol. The first-order chi connectivity index (χ1) is 12.9. The third kappa shape index (κ3) is 4.27. The summed E-state index contributed by atoms with van der Waals surface area (Å²) in [6, 6.07) is 20.1. The molecule has 3 aromatic rings. The number of amides is 1. The number of nitrogens with zero attached hydrogens (tertiary/aromatic N) is 1. The van der Waals surface area contributed by atoms with Crippen LogP contribution in [0.25, 0.3) is 10.8 Å². The molecule has 0 aliphatic heterocycles. The van der Waals surface area contributed by atoms with Gasteiger partial charge in [-0.15, -0.1) is 0 Å². The minimum absolute atomic E-state index is 0.0488. The van der Waals surface area contributed by atoms with Crippen molar-refractivity contribution in [2.24, 2.45) is 0 Å². The van der Waals surface area contributed by atoms with Crippen molar-refractivity contribution >= 4 is 38.1 Å². The Hall–Kier alpha value is -2.90. The van der Waals surface area contributed by atoms with Gasteiger partial charge in [-0.1, -0.05) is 42.5 Å². The Balaban J connectivity index is 1.71. The molecule has 7 heteroatoms. The summed E-state index contributed by atoms with van der Waals surface area (Å²) in [5, 5.41) is 7.86. The van der Waals surface area contributed by atoms with Gasteiger partial charge in [-0.25, -0.2) is 12.7 Å². The van der Waals surface area contributed by atoms with E-state index in [2.05, 4.69) is 10.6 Å². The van der Waals surface area contributed by atoms with Crippen molar-refractivity contribution in [3.63, 3.8) is 0 Å². The highest BCUT2D eigenvalue weighted by atomic mass is 32.2. The maximum Gasteiger partial charge on any atom is 0.244 e. The molecule has 0 unspecified atom stereocenters. The van der Waals surface area contributed by atoms with Crippen LogP contribution in [0.1, 0.15) is 0 Å². The van der Waals surface area contributed by atoms with Gasteiger partial charge in [0.15, 0.2) is 0 Å². The lowest BCUT2D eigenvalue weighted by Gasteiger charge is -2.16. The molecule has 0 radical (unpaired) electrons. The van der Waals surface area contributed by atoms with Gasteiger partial charge in [-0.05, 0) is 35.0 Å². The number of para-hydroxylation sites is 1. The Morgan fingerprint density at radius 2 is 1.59 bits per heavy atom. The first-order valence-corrected chi connectivity index (χ1v) is 9.86. The quantitative estimate of drug-likeness (QED) is 0.685. The Morgan fingerprint density at radius 3 is 2.33 bits per heavy atom. The van der Waals surface area contributed by atoms with E-state index in [1.54, 1.807) is 18.2 Å². The summed E-state index contributed by atoms with van der Waals surface area (Å²) >= 11 is 0. The Kier molecular flexibility index (Phi) is 5.43. The molecule has 0 spiro atoms. The number of rotatable bonds is 6. The van der Waals surface area contributed by atoms with Crippen molar-refractivity contribution in [3.8, 4) is 0 Å². The van der Waals surface area contributed by atoms with Crippen LogP contribution in [0.3, 0.4) is 0 Å². The fourth-order valence-electron chi connectivity index (χ4n) is 2.68. The maximum atomic E-state index is 12.4. The lowest BCUT2D eigenvalue weighted by Crippen LogP contribution is -2.25. The van der Waals surface area contributed by atoms with Crippen molar-refractivity contribution in [2.75, 3.05) is 31.3 Å². The van der Waals surface area contributed by atoms with Gasteiger partial charge in [0.25, 0.3) is 0 Å². The molecule has 0 saturated carbocycles. The molecule has 140 valence electrons. The summed E-state index contributed by atoms with van der Waals surface area (Å²) in [4.78, 5) is 12.4. The Morgan fingerprint density at radius 1 is 0.926 bits per heavy atom. The highest BCUT2D eigenvalue weighted by Crippen LogP contribution is 2.23. The third-order valence-corrected chi connectivity index (χ3v) is 5.99. The van der Waals surface area contributed by atoms with Crippen molar-refractivity contribution in [1.82, 2.24) is 4.31 Å². The van der Waals surface area contributed by atoms with Crippen LogP contribution in [-0.2, 0) is 14.8 Å². The molecule has 0 bridgehead atoms. The second-order valence-corrected chi connectivity index (χ2v) is 8.37. The molecule has 0 saturated heterocycles. The zero-order chi connectivity index (χ0) is 19.4. The first-order valence-electron chi connectivity index (χ1n) is 8.42. The smallest absolute Gasteiger partial charge is 0.244 e. The van der Waals surface area contributed by atoms with E-state index in [0.29, 0.717) is 11.4 Å². The van der Waals surface area contributed by atoms with E-state index in [1.807, 2.05) is 42.5 Å². The fraction of sp³-hybridized carbons (Fsp3) is 0.150. The Bertz CT molecular complexity index is 1080. The number of anilines is 2. The van der Waals surface area contributed by atoms with E-state index >= 15 is 0 Å². The third-order valence-electron chi connectivity index (χ3n) is 4.12. The van der Waals surface area contributed by atoms with Crippen molar-refractivity contribution < 1.29 is 13.2 Å². The molecule has 0 aliphatic rings. The lowest BCUT2D eigenvalue weighted by atomic mass is 10.1. The monoisotopic (exact) mass is 383 g/mol. The molecular formula is C20H21N3O3S. The van der Waals surface area contributed by atoms with Crippen LogP contribution >= 0.6 is 0 Å². The highest BCUT2D eigenvalue weighted by molar-refractivity contribution is 7.89. The topological polar surface area (TPSA) is 78.5 Å². The zero-order valence-electron chi connectivity index (χ0n) is 15.1. The van der Waals surface area contributed by atoms with Crippen LogP contribution in [0.4, 0.5) is 11.4 Å². The number of hydrogen-bond donors (Lipinski definition) is 2. The summed E-state index contributed by atoms with van der Waals surface area (Å²) in [7, 11) is -0.658. The van der Waals surface area contributed by atoms with Crippen LogP contribution in [0, 0.1) is 0 Å². The van der Waals surface area contributed by atoms with Crippen molar-refractivity contribution in [1.29, 1.82) is 0 Å². The van der Waals surface area contributed by atoms with Gasteiger partial charge in [-0.3, -0.25) is 4.79 Å². The van der Waals surface area contributed by atoms with E-state index < -0.39 is 10.0 Å². The van der Waals surface area contributed by atoms with Gasteiger partial charge in [-0.2, -0.15) is 0 Å². The predicted molar refractivity (Wildman–Crippen MR) is 108 cm³/mol. The zero-order valence-corrected chi connectivity index (χ0v) is 16.0. The molecule has 1 amide bonds. The number of fused-ring (bicyclic) bond motifs is 1. The van der Waals surface area contributed by atoms with Gasteiger partial charge in [0, 0.05) is 19.8 Å². The molecule has 0 fully saturated rings. The van der Waals surface area contributed by atoms with Gasteiger partial charge in [0.05, 0.1) is 12.2 Å². The van der Waals surface area contributed by atoms with Gasteiger partial charge < -0.3 is 10.6 Å². The number of sulfonamides is 1. The molecule has 0 heterocycles. The molecule has 6 nitrogen and oxygen atoms in total. The molecule has 0 aromatic heterocycles. The van der Waals surface area contributed by atoms with Crippen molar-refractivity contribution in [3.05, 3.63) is 66.7 Å². The molecule has 27 heavy (non-hydrogen) atoms. The molecular weight excluding hydrogens is 362 g/mol. The lowest BCUT2D eigenvalue weighted by molar-refractivity contribution is -0.114. The summed E-state index contributed by atoms with van der Waals surface area (Å²) in [6.45, 7) is -0.0488. The van der Waals surface area contributed by atoms with Gasteiger partial charge >= 0.3 is 0 Å². The van der Waals surface area contributed by atoms with Crippen LogP contribution in [0.15, 0.2) is 71.6 Å². The van der Waals surface area contributed by atoms with Crippen LogP contribution in [0.5, 0.6) is 0 Å². The summed E-state index contributed by atoms with van der Waals surface area (Å²) in [5.41, 5.74) is 1.08. The fourth-order valence-corrected chi connectivity index (χ4v) is 3.74. The average Bonchev–Trinajstić information content (AvgIpc) is 2.66. The summed E-state index contributed by atoms with van der Waals surface area (Å²) in [5.74, 6) is -0.262. The standard InChI is InChI=1S/C20H21N3O3S/c1-23(2)27(25,26)19-10-6-5-9-18(19)21-14-20(24)22-17-12-11-15-7-3-4-8-16(15)13-17/h3-13,21H,14H2,1-2H3,(H,22,24). The normalized spacial score (nSPS) is 11.5. The predicted octanol–water partition coefficient (Wildman–Crippen LogP) is 3.14. The van der Waals surface area contributed by atoms with E-state index in [0.717, 1.165) is 15.1 Å². The highest BCUT2D eigenvalue weighted by Gasteiger charge is 2.20.